The Hall–Kier alpha value is -5.37. The molecular weight excluding hydrogens is 556 g/mol. The number of anilines is 1. The number of carbonyl (C=O) groups excluding carboxylic acids is 3. The van der Waals surface area contributed by atoms with E-state index >= 15 is 4.79 Å². The van der Waals surface area contributed by atoms with Crippen LogP contribution in [0.5, 0.6) is 17.2 Å². The van der Waals surface area contributed by atoms with Crippen molar-refractivity contribution in [1.29, 1.82) is 0 Å². The second kappa shape index (κ2) is 10.4. The van der Waals surface area contributed by atoms with Crippen molar-refractivity contribution in [2.75, 3.05) is 26.6 Å². The van der Waals surface area contributed by atoms with Gasteiger partial charge in [-0.05, 0) is 59.2 Å². The van der Waals surface area contributed by atoms with E-state index in [0.29, 0.717) is 39.6 Å². The number of nitrogens with one attached hydrogen (secondary N) is 1. The van der Waals surface area contributed by atoms with E-state index in [1.54, 1.807) is 42.5 Å². The highest BCUT2D eigenvalue weighted by atomic mass is 16.5. The Bertz CT molecular complexity index is 1870. The molecular formula is C36H30N2O6. The molecule has 0 aromatic heterocycles. The molecule has 44 heavy (non-hydrogen) atoms. The summed E-state index contributed by atoms with van der Waals surface area (Å²) in [7, 11) is 4.53. The first-order valence-electron chi connectivity index (χ1n) is 14.3. The van der Waals surface area contributed by atoms with E-state index in [9.17, 15) is 9.59 Å². The summed E-state index contributed by atoms with van der Waals surface area (Å²) in [5.41, 5.74) is 2.29. The lowest BCUT2D eigenvalue weighted by Crippen LogP contribution is -2.49. The van der Waals surface area contributed by atoms with Crippen molar-refractivity contribution in [1.82, 2.24) is 4.90 Å². The smallest absolute Gasteiger partial charge is 0.238 e. The molecule has 0 unspecified atom stereocenters. The molecule has 0 radical (unpaired) electrons. The van der Waals surface area contributed by atoms with Gasteiger partial charge >= 0.3 is 0 Å². The number of benzene rings is 4. The highest BCUT2D eigenvalue weighted by Gasteiger charge is 2.70. The number of hydrogen-bond donors (Lipinski definition) is 1. The summed E-state index contributed by atoms with van der Waals surface area (Å²) < 4.78 is 16.6. The van der Waals surface area contributed by atoms with Crippen molar-refractivity contribution in [2.45, 2.75) is 17.5 Å². The highest BCUT2D eigenvalue weighted by molar-refractivity contribution is 6.17. The number of ether oxygens (including phenoxy) is 3. The Morgan fingerprint density at radius 3 is 2.27 bits per heavy atom. The van der Waals surface area contributed by atoms with Crippen molar-refractivity contribution >= 4 is 29.2 Å². The van der Waals surface area contributed by atoms with Crippen molar-refractivity contribution in [3.8, 4) is 17.2 Å². The summed E-state index contributed by atoms with van der Waals surface area (Å²) in [5, 5.41) is 3.07. The number of methoxy groups -OCH3 is 3. The summed E-state index contributed by atoms with van der Waals surface area (Å²) in [5.74, 6) is -0.890. The van der Waals surface area contributed by atoms with Gasteiger partial charge in [0.25, 0.3) is 0 Å². The third-order valence-corrected chi connectivity index (χ3v) is 9.16. The van der Waals surface area contributed by atoms with Gasteiger partial charge in [-0.1, -0.05) is 54.6 Å². The number of para-hydroxylation sites is 2. The van der Waals surface area contributed by atoms with Gasteiger partial charge in [-0.3, -0.25) is 14.4 Å². The SMILES string of the molecule is COc1ccc(C(=O)[C@@H]2[C@@H](C(=O)c3ccccc3OC)N3C=Cc4ccccc4[C@@H]3[C@@]23C(=O)Nc2ccccc23)cc1OC. The standard InChI is InChI=1S/C36H30N2O6/c1-42-27-15-9-6-12-24(27)33(40)31-30(32(39)22-16-17-28(43-2)29(20-22)44-3)36(25-13-7-8-14-26(25)37-35(36)41)34-23-11-5-4-10-21(23)18-19-38(31)34/h4-20,30-31,34H,1-3H3,(H,37,41)/t30-,31-,34+,36-/m0/s1. The van der Waals surface area contributed by atoms with Crippen LogP contribution >= 0.6 is 0 Å². The molecule has 4 aromatic rings. The van der Waals surface area contributed by atoms with Crippen LogP contribution in [0.1, 0.15) is 43.4 Å². The van der Waals surface area contributed by atoms with Gasteiger partial charge in [0.1, 0.15) is 17.2 Å². The molecule has 8 heteroatoms. The van der Waals surface area contributed by atoms with Crippen LogP contribution in [0.3, 0.4) is 0 Å². The maximum absolute atomic E-state index is 15.1. The first kappa shape index (κ1) is 27.5. The molecule has 1 amide bonds. The van der Waals surface area contributed by atoms with Crippen molar-refractivity contribution in [2.24, 2.45) is 5.92 Å². The Kier molecular flexibility index (Phi) is 6.50. The maximum Gasteiger partial charge on any atom is 0.238 e. The number of nitrogens with zero attached hydrogens (tertiary/aromatic N) is 1. The first-order valence-corrected chi connectivity index (χ1v) is 14.3. The molecule has 8 nitrogen and oxygen atoms in total. The summed E-state index contributed by atoms with van der Waals surface area (Å²) in [6.45, 7) is 0. The van der Waals surface area contributed by atoms with Gasteiger partial charge in [0.2, 0.25) is 5.91 Å². The molecule has 0 aliphatic carbocycles. The molecule has 7 rings (SSSR count). The third-order valence-electron chi connectivity index (χ3n) is 9.16. The highest BCUT2D eigenvalue weighted by Crippen LogP contribution is 2.62. The van der Waals surface area contributed by atoms with Crippen LogP contribution in [-0.4, -0.2) is 49.7 Å². The average molecular weight is 587 g/mol. The Labute approximate surface area is 254 Å². The van der Waals surface area contributed by atoms with E-state index in [4.69, 9.17) is 14.2 Å². The van der Waals surface area contributed by atoms with Crippen LogP contribution in [0.25, 0.3) is 6.08 Å². The van der Waals surface area contributed by atoms with Gasteiger partial charge in [0.15, 0.2) is 23.1 Å². The zero-order valence-electron chi connectivity index (χ0n) is 24.4. The van der Waals surface area contributed by atoms with E-state index in [1.807, 2.05) is 65.7 Å². The van der Waals surface area contributed by atoms with E-state index in [1.165, 1.54) is 21.3 Å². The van der Waals surface area contributed by atoms with Crippen molar-refractivity contribution in [3.63, 3.8) is 0 Å². The molecule has 220 valence electrons. The zero-order chi connectivity index (χ0) is 30.6. The Balaban J connectivity index is 1.53. The van der Waals surface area contributed by atoms with Crippen LogP contribution in [-0.2, 0) is 10.2 Å². The molecule has 1 N–H and O–H groups in total. The lowest BCUT2D eigenvalue weighted by molar-refractivity contribution is -0.122. The minimum Gasteiger partial charge on any atom is -0.496 e. The Morgan fingerprint density at radius 2 is 1.48 bits per heavy atom. The van der Waals surface area contributed by atoms with Gasteiger partial charge in [-0.25, -0.2) is 0 Å². The van der Waals surface area contributed by atoms with Crippen molar-refractivity contribution < 1.29 is 28.6 Å². The summed E-state index contributed by atoms with van der Waals surface area (Å²) in [6.07, 6.45) is 3.78. The lowest BCUT2D eigenvalue weighted by Gasteiger charge is -2.38. The Morgan fingerprint density at radius 1 is 0.773 bits per heavy atom. The summed E-state index contributed by atoms with van der Waals surface area (Å²) in [4.78, 5) is 46.4. The number of Topliss-reactive ketones (excluding diaryl/α,β-unsaturated/α-hetero) is 2. The number of amides is 1. The number of ketones is 2. The van der Waals surface area contributed by atoms with E-state index in [0.717, 1.165) is 11.1 Å². The minimum absolute atomic E-state index is 0.305. The zero-order valence-corrected chi connectivity index (χ0v) is 24.4. The number of carbonyl (C=O) groups is 3. The molecule has 3 aliphatic rings. The molecule has 1 fully saturated rings. The van der Waals surface area contributed by atoms with Crippen LogP contribution < -0.4 is 19.5 Å². The van der Waals surface area contributed by atoms with Gasteiger partial charge in [-0.15, -0.1) is 0 Å². The number of hydrogen-bond acceptors (Lipinski definition) is 7. The third kappa shape index (κ3) is 3.73. The monoisotopic (exact) mass is 586 g/mol. The summed E-state index contributed by atoms with van der Waals surface area (Å²) in [6, 6.07) is 25.5. The molecule has 1 saturated heterocycles. The molecule has 4 atom stereocenters. The van der Waals surface area contributed by atoms with E-state index in [2.05, 4.69) is 5.32 Å². The van der Waals surface area contributed by atoms with Gasteiger partial charge in [0, 0.05) is 17.5 Å². The van der Waals surface area contributed by atoms with Gasteiger partial charge < -0.3 is 24.4 Å². The normalized spacial score (nSPS) is 22.6. The van der Waals surface area contributed by atoms with E-state index in [-0.39, 0.29) is 17.5 Å². The molecule has 1 spiro atoms. The lowest BCUT2D eigenvalue weighted by atomic mass is 9.62. The van der Waals surface area contributed by atoms with Crippen LogP contribution in [0.4, 0.5) is 5.69 Å². The topological polar surface area (TPSA) is 94.2 Å². The fourth-order valence-corrected chi connectivity index (χ4v) is 7.34. The molecule has 0 bridgehead atoms. The average Bonchev–Trinajstić information content (AvgIpc) is 3.55. The second-order valence-corrected chi connectivity index (χ2v) is 11.1. The second-order valence-electron chi connectivity index (χ2n) is 11.1. The predicted octanol–water partition coefficient (Wildman–Crippen LogP) is 5.69. The molecule has 0 saturated carbocycles. The molecule has 3 heterocycles. The number of fused-ring (bicyclic) bond motifs is 6. The maximum atomic E-state index is 15.1. The minimum atomic E-state index is -1.44. The summed E-state index contributed by atoms with van der Waals surface area (Å²) >= 11 is 0. The number of rotatable bonds is 7. The van der Waals surface area contributed by atoms with Crippen molar-refractivity contribution in [3.05, 3.63) is 125 Å². The first-order chi connectivity index (χ1) is 21.4. The van der Waals surface area contributed by atoms with Gasteiger partial charge in [-0.2, -0.15) is 0 Å². The fraction of sp³-hybridized carbons (Fsp3) is 0.194. The molecule has 4 aromatic carbocycles. The van der Waals surface area contributed by atoms with Crippen LogP contribution in [0, 0.1) is 5.92 Å². The van der Waals surface area contributed by atoms with Crippen LogP contribution in [0.15, 0.2) is 97.2 Å². The molecule has 3 aliphatic heterocycles. The van der Waals surface area contributed by atoms with Gasteiger partial charge in [0.05, 0.1) is 38.9 Å². The predicted molar refractivity (Wildman–Crippen MR) is 165 cm³/mol. The largest absolute Gasteiger partial charge is 0.496 e. The quantitative estimate of drug-likeness (QED) is 0.278. The van der Waals surface area contributed by atoms with Crippen LogP contribution in [0.2, 0.25) is 0 Å². The fourth-order valence-electron chi connectivity index (χ4n) is 7.34. The van der Waals surface area contributed by atoms with E-state index < -0.39 is 23.4 Å².